The van der Waals surface area contributed by atoms with Crippen LogP contribution in [0.2, 0.25) is 0 Å². The predicted octanol–water partition coefficient (Wildman–Crippen LogP) is 4.18. The van der Waals surface area contributed by atoms with Gasteiger partial charge in [-0.2, -0.15) is 0 Å². The fourth-order valence-corrected chi connectivity index (χ4v) is 3.64. The quantitative estimate of drug-likeness (QED) is 0.646. The van der Waals surface area contributed by atoms with E-state index in [0.29, 0.717) is 31.8 Å². The summed E-state index contributed by atoms with van der Waals surface area (Å²) in [6.07, 6.45) is 9.66. The number of alkyl carbamates (subject to hydrolysis) is 1. The first-order chi connectivity index (χ1) is 13.1. The van der Waals surface area contributed by atoms with E-state index in [1.165, 1.54) is 12.8 Å². The highest BCUT2D eigenvalue weighted by molar-refractivity contribution is 5.70. The normalized spacial score (nSPS) is 21.1. The lowest BCUT2D eigenvalue weighted by Crippen LogP contribution is -2.33. The molecule has 0 bridgehead atoms. The molecule has 0 unspecified atom stereocenters. The molecule has 0 spiro atoms. The predicted molar refractivity (Wildman–Crippen MR) is 107 cm³/mol. The van der Waals surface area contributed by atoms with Gasteiger partial charge in [0.05, 0.1) is 17.9 Å². The van der Waals surface area contributed by atoms with E-state index in [1.54, 1.807) is 20.8 Å². The van der Waals surface area contributed by atoms with Crippen molar-refractivity contribution < 1.29 is 19.4 Å². The molecule has 7 nitrogen and oxygen atoms in total. The number of carboxylic acids is 1. The van der Waals surface area contributed by atoms with Gasteiger partial charge in [0.25, 0.3) is 0 Å². The fraction of sp³-hybridized carbons (Fsp3) is 0.762. The van der Waals surface area contributed by atoms with Crippen LogP contribution in [0, 0.1) is 11.8 Å². The lowest BCUT2D eigenvalue weighted by molar-refractivity contribution is -0.142. The van der Waals surface area contributed by atoms with E-state index in [1.807, 2.05) is 12.5 Å². The van der Waals surface area contributed by atoms with Crippen molar-refractivity contribution in [1.82, 2.24) is 14.9 Å². The number of amides is 1. The highest BCUT2D eigenvalue weighted by Crippen LogP contribution is 2.31. The van der Waals surface area contributed by atoms with Crippen molar-refractivity contribution in [2.45, 2.75) is 84.3 Å². The first-order valence-electron chi connectivity index (χ1n) is 10.4. The second-order valence-electron chi connectivity index (χ2n) is 9.04. The second-order valence-corrected chi connectivity index (χ2v) is 9.04. The highest BCUT2D eigenvalue weighted by Gasteiger charge is 2.22. The Labute approximate surface area is 167 Å². The molecular formula is C21H35N3O4. The van der Waals surface area contributed by atoms with E-state index in [4.69, 9.17) is 4.74 Å². The minimum Gasteiger partial charge on any atom is -0.481 e. The van der Waals surface area contributed by atoms with Gasteiger partial charge in [0.15, 0.2) is 0 Å². The molecule has 1 saturated carbocycles. The van der Waals surface area contributed by atoms with Crippen molar-refractivity contribution in [3.8, 4) is 0 Å². The standard InChI is InChI=1S/C21H35N3O4/c1-15-7-9-18(10-8-15)24-13-17(23-14-24)12-16(19(25)26)6-5-11-22-20(27)28-21(2,3)4/h13-16,18H,5-12H2,1-4H3,(H,22,27)(H,25,26)/t15-,16-,18-/m1/s1. The van der Waals surface area contributed by atoms with Crippen molar-refractivity contribution in [2.24, 2.45) is 11.8 Å². The summed E-state index contributed by atoms with van der Waals surface area (Å²) in [5.74, 6) is -0.529. The molecule has 7 heteroatoms. The molecule has 1 atom stereocenters. The first kappa shape index (κ1) is 22.2. The number of hydrogen-bond donors (Lipinski definition) is 2. The molecule has 1 aliphatic carbocycles. The van der Waals surface area contributed by atoms with E-state index in [0.717, 1.165) is 24.5 Å². The molecule has 2 N–H and O–H groups in total. The fourth-order valence-electron chi connectivity index (χ4n) is 3.64. The van der Waals surface area contributed by atoms with Crippen molar-refractivity contribution in [3.63, 3.8) is 0 Å². The van der Waals surface area contributed by atoms with Gasteiger partial charge in [0.1, 0.15) is 5.60 Å². The summed E-state index contributed by atoms with van der Waals surface area (Å²) in [5.41, 5.74) is 0.286. The third-order valence-electron chi connectivity index (χ3n) is 5.26. The number of hydrogen-bond acceptors (Lipinski definition) is 4. The van der Waals surface area contributed by atoms with E-state index >= 15 is 0 Å². The van der Waals surface area contributed by atoms with Crippen molar-refractivity contribution >= 4 is 12.1 Å². The molecule has 1 aromatic rings. The third-order valence-corrected chi connectivity index (χ3v) is 5.26. The largest absolute Gasteiger partial charge is 0.481 e. The molecule has 0 aromatic carbocycles. The number of rotatable bonds is 8. The van der Waals surface area contributed by atoms with Gasteiger partial charge in [0, 0.05) is 25.2 Å². The Morgan fingerprint density at radius 1 is 1.32 bits per heavy atom. The van der Waals surface area contributed by atoms with Gasteiger partial charge in [0.2, 0.25) is 0 Å². The van der Waals surface area contributed by atoms with Gasteiger partial charge < -0.3 is 19.7 Å². The molecule has 1 fully saturated rings. The van der Waals surface area contributed by atoms with Gasteiger partial charge >= 0.3 is 12.1 Å². The molecule has 1 heterocycles. The number of ether oxygens (including phenoxy) is 1. The molecule has 1 aliphatic rings. The Morgan fingerprint density at radius 2 is 2.00 bits per heavy atom. The number of nitrogens with one attached hydrogen (secondary N) is 1. The lowest BCUT2D eigenvalue weighted by atomic mass is 9.87. The van der Waals surface area contributed by atoms with Gasteiger partial charge in [-0.3, -0.25) is 4.79 Å². The summed E-state index contributed by atoms with van der Waals surface area (Å²) in [6.45, 7) is 8.11. The van der Waals surface area contributed by atoms with Crippen LogP contribution in [0.25, 0.3) is 0 Å². The minimum atomic E-state index is -0.821. The minimum absolute atomic E-state index is 0.396. The summed E-state index contributed by atoms with van der Waals surface area (Å²) in [4.78, 5) is 27.7. The van der Waals surface area contributed by atoms with Crippen LogP contribution in [-0.4, -0.2) is 38.9 Å². The zero-order valence-electron chi connectivity index (χ0n) is 17.6. The monoisotopic (exact) mass is 393 g/mol. The van der Waals surface area contributed by atoms with Crippen LogP contribution in [0.15, 0.2) is 12.5 Å². The Hall–Kier alpha value is -2.05. The summed E-state index contributed by atoms with van der Waals surface area (Å²) in [7, 11) is 0. The van der Waals surface area contributed by atoms with E-state index in [2.05, 4.69) is 21.8 Å². The van der Waals surface area contributed by atoms with Crippen LogP contribution in [0.5, 0.6) is 0 Å². The average molecular weight is 394 g/mol. The van der Waals surface area contributed by atoms with Crippen molar-refractivity contribution in [2.75, 3.05) is 6.54 Å². The number of aromatic nitrogens is 2. The number of nitrogens with zero attached hydrogens (tertiary/aromatic N) is 2. The van der Waals surface area contributed by atoms with Crippen LogP contribution in [-0.2, 0) is 16.0 Å². The Balaban J connectivity index is 1.78. The number of carbonyl (C=O) groups excluding carboxylic acids is 1. The average Bonchev–Trinajstić information content (AvgIpc) is 3.05. The maximum absolute atomic E-state index is 11.6. The Kier molecular flexibility index (Phi) is 7.89. The maximum atomic E-state index is 11.6. The lowest BCUT2D eigenvalue weighted by Gasteiger charge is -2.26. The Bertz CT molecular complexity index is 642. The van der Waals surface area contributed by atoms with Crippen LogP contribution in [0.3, 0.4) is 0 Å². The first-order valence-corrected chi connectivity index (χ1v) is 10.4. The van der Waals surface area contributed by atoms with E-state index in [-0.39, 0.29) is 0 Å². The summed E-state index contributed by atoms with van der Waals surface area (Å²) in [6, 6.07) is 0.485. The number of carbonyl (C=O) groups is 2. The van der Waals surface area contributed by atoms with Crippen molar-refractivity contribution in [3.05, 3.63) is 18.2 Å². The van der Waals surface area contributed by atoms with Crippen LogP contribution in [0.4, 0.5) is 4.79 Å². The molecule has 28 heavy (non-hydrogen) atoms. The summed E-state index contributed by atoms with van der Waals surface area (Å²) < 4.78 is 7.33. The number of carboxylic acid groups (broad SMARTS) is 1. The molecule has 1 aromatic heterocycles. The molecule has 0 radical (unpaired) electrons. The van der Waals surface area contributed by atoms with Crippen LogP contribution in [0.1, 0.15) is 78.0 Å². The van der Waals surface area contributed by atoms with Gasteiger partial charge in [-0.15, -0.1) is 0 Å². The Morgan fingerprint density at radius 3 is 2.61 bits per heavy atom. The van der Waals surface area contributed by atoms with Crippen molar-refractivity contribution in [1.29, 1.82) is 0 Å². The zero-order chi connectivity index (χ0) is 20.7. The van der Waals surface area contributed by atoms with Crippen LogP contribution < -0.4 is 5.32 Å². The molecule has 0 saturated heterocycles. The second kappa shape index (κ2) is 9.94. The highest BCUT2D eigenvalue weighted by atomic mass is 16.6. The molecular weight excluding hydrogens is 358 g/mol. The molecule has 158 valence electrons. The molecule has 0 aliphatic heterocycles. The van der Waals surface area contributed by atoms with Gasteiger partial charge in [-0.25, -0.2) is 9.78 Å². The maximum Gasteiger partial charge on any atom is 0.407 e. The summed E-state index contributed by atoms with van der Waals surface area (Å²) in [5, 5.41) is 12.2. The smallest absolute Gasteiger partial charge is 0.407 e. The van der Waals surface area contributed by atoms with E-state index in [9.17, 15) is 14.7 Å². The van der Waals surface area contributed by atoms with E-state index < -0.39 is 23.6 Å². The van der Waals surface area contributed by atoms with Crippen LogP contribution >= 0.6 is 0 Å². The number of aliphatic carboxylic acids is 1. The topological polar surface area (TPSA) is 93.5 Å². The third kappa shape index (κ3) is 7.52. The van der Waals surface area contributed by atoms with Gasteiger partial charge in [-0.1, -0.05) is 6.92 Å². The molecule has 2 rings (SSSR count). The SMILES string of the molecule is CC(C)(C)OC(=O)NCCC[C@H](Cc1cn([C@H]2CC[C@H](C)CC2)cn1)C(=O)O. The van der Waals surface area contributed by atoms with Gasteiger partial charge in [-0.05, 0) is 65.2 Å². The summed E-state index contributed by atoms with van der Waals surface area (Å²) >= 11 is 0. The number of imidazole rings is 1. The molecule has 1 amide bonds. The zero-order valence-corrected chi connectivity index (χ0v) is 17.6.